The number of hydrogen-bond acceptors (Lipinski definition) is 2. The molecule has 2 aromatic rings. The van der Waals surface area contributed by atoms with Gasteiger partial charge in [0.25, 0.3) is 0 Å². The van der Waals surface area contributed by atoms with Gasteiger partial charge >= 0.3 is 0 Å². The van der Waals surface area contributed by atoms with Crippen molar-refractivity contribution in [1.29, 1.82) is 0 Å². The number of pyridine rings is 1. The van der Waals surface area contributed by atoms with Crippen molar-refractivity contribution in [2.24, 2.45) is 0 Å². The molecule has 3 nitrogen and oxygen atoms in total. The molecular formula is C19H23ClFNO2. The lowest BCUT2D eigenvalue weighted by molar-refractivity contribution is -0.698. The molecule has 0 amide bonds. The van der Waals surface area contributed by atoms with E-state index in [1.165, 1.54) is 23.3 Å². The maximum Gasteiger partial charge on any atom is 0.195 e. The van der Waals surface area contributed by atoms with Gasteiger partial charge in [0.15, 0.2) is 18.2 Å². The Hall–Kier alpha value is -1.49. The van der Waals surface area contributed by atoms with Gasteiger partial charge in [0.2, 0.25) is 0 Å². The molecule has 1 saturated heterocycles. The fourth-order valence-corrected chi connectivity index (χ4v) is 2.98. The zero-order valence-electron chi connectivity index (χ0n) is 14.1. The summed E-state index contributed by atoms with van der Waals surface area (Å²) in [6, 6.07) is 8.56. The van der Waals surface area contributed by atoms with Crippen LogP contribution in [0.2, 0.25) is 0 Å². The molecule has 0 aliphatic carbocycles. The molecule has 130 valence electrons. The van der Waals surface area contributed by atoms with Crippen molar-refractivity contribution in [3.63, 3.8) is 0 Å². The van der Waals surface area contributed by atoms with Crippen LogP contribution in [0.5, 0.6) is 0 Å². The Labute approximate surface area is 148 Å². The Balaban J connectivity index is 0.00000208. The van der Waals surface area contributed by atoms with Crippen LogP contribution in [-0.2, 0) is 21.8 Å². The molecule has 1 fully saturated rings. The molecule has 0 radical (unpaired) electrons. The lowest BCUT2D eigenvalue weighted by Crippen LogP contribution is -3.00. The molecule has 0 atom stereocenters. The highest BCUT2D eigenvalue weighted by Gasteiger charge is 2.38. The topological polar surface area (TPSA) is 22.3 Å². The minimum atomic E-state index is -0.728. The number of ether oxygens (including phenoxy) is 2. The van der Waals surface area contributed by atoms with Crippen molar-refractivity contribution in [3.8, 4) is 0 Å². The summed E-state index contributed by atoms with van der Waals surface area (Å²) in [5.74, 6) is -0.971. The van der Waals surface area contributed by atoms with Gasteiger partial charge in [0, 0.05) is 30.0 Å². The van der Waals surface area contributed by atoms with Crippen molar-refractivity contribution in [2.45, 2.75) is 39.0 Å². The minimum absolute atomic E-state index is 0. The molecule has 0 spiro atoms. The summed E-state index contributed by atoms with van der Waals surface area (Å²) in [5, 5.41) is 0. The second-order valence-corrected chi connectivity index (χ2v) is 6.11. The molecule has 1 aromatic heterocycles. The fraction of sp³-hybridized carbons (Fsp3) is 0.421. The second kappa shape index (κ2) is 8.06. The molecule has 0 saturated carbocycles. The zero-order valence-corrected chi connectivity index (χ0v) is 14.9. The molecule has 1 aromatic carbocycles. The Morgan fingerprint density at radius 2 is 1.71 bits per heavy atom. The van der Waals surface area contributed by atoms with Gasteiger partial charge in [-0.25, -0.2) is 8.96 Å². The number of rotatable bonds is 5. The molecule has 0 bridgehead atoms. The maximum atomic E-state index is 13.2. The predicted molar refractivity (Wildman–Crippen MR) is 85.3 cm³/mol. The number of halogens is 2. The zero-order chi connectivity index (χ0) is 16.3. The quantitative estimate of drug-likeness (QED) is 0.728. The van der Waals surface area contributed by atoms with Crippen molar-refractivity contribution in [1.82, 2.24) is 0 Å². The molecule has 1 aliphatic heterocycles. The molecule has 1 aliphatic rings. The number of aryl methyl sites for hydroxylation is 3. The molecule has 5 heteroatoms. The summed E-state index contributed by atoms with van der Waals surface area (Å²) in [6.07, 6.45) is 5.93. The van der Waals surface area contributed by atoms with Gasteiger partial charge in [0.1, 0.15) is 12.4 Å². The molecule has 24 heavy (non-hydrogen) atoms. The van der Waals surface area contributed by atoms with Crippen LogP contribution in [0.15, 0.2) is 42.7 Å². The van der Waals surface area contributed by atoms with E-state index in [1.54, 1.807) is 12.1 Å². The normalized spacial score (nSPS) is 16.0. The monoisotopic (exact) mass is 351 g/mol. The summed E-state index contributed by atoms with van der Waals surface area (Å²) in [4.78, 5) is 0. The average Bonchev–Trinajstić information content (AvgIpc) is 3.01. The van der Waals surface area contributed by atoms with Crippen LogP contribution in [0.1, 0.15) is 29.5 Å². The van der Waals surface area contributed by atoms with E-state index in [4.69, 9.17) is 9.47 Å². The second-order valence-electron chi connectivity index (χ2n) is 6.11. The van der Waals surface area contributed by atoms with Gasteiger partial charge in [-0.3, -0.25) is 0 Å². The third-order valence-electron chi connectivity index (χ3n) is 4.46. The first-order valence-corrected chi connectivity index (χ1v) is 8.09. The van der Waals surface area contributed by atoms with Gasteiger partial charge in [-0.1, -0.05) is 12.1 Å². The molecular weight excluding hydrogens is 329 g/mol. The minimum Gasteiger partial charge on any atom is -1.00 e. The van der Waals surface area contributed by atoms with Crippen LogP contribution in [0.3, 0.4) is 0 Å². The van der Waals surface area contributed by atoms with Gasteiger partial charge in [-0.2, -0.15) is 0 Å². The average molecular weight is 352 g/mol. The van der Waals surface area contributed by atoms with E-state index in [0.717, 1.165) is 24.9 Å². The lowest BCUT2D eigenvalue weighted by Gasteiger charge is -2.27. The van der Waals surface area contributed by atoms with Gasteiger partial charge < -0.3 is 21.9 Å². The first-order valence-electron chi connectivity index (χ1n) is 8.09. The summed E-state index contributed by atoms with van der Waals surface area (Å²) in [6.45, 7) is 6.29. The van der Waals surface area contributed by atoms with E-state index in [2.05, 4.69) is 36.9 Å². The standard InChI is InChI=1S/C19H23FNO2.ClH/c1-15-8-11-21(14-16(15)2)10-3-9-19(22-12-13-23-19)17-4-6-18(20)7-5-17;/h4-8,11,14H,3,9-10,12-13H2,1-2H3;1H/q+1;/p-1. The summed E-state index contributed by atoms with van der Waals surface area (Å²) >= 11 is 0. The third-order valence-corrected chi connectivity index (χ3v) is 4.46. The smallest absolute Gasteiger partial charge is 0.195 e. The third kappa shape index (κ3) is 4.12. The molecule has 2 heterocycles. The number of hydrogen-bond donors (Lipinski definition) is 0. The Morgan fingerprint density at radius 1 is 1.04 bits per heavy atom. The first-order chi connectivity index (χ1) is 11.1. The number of aromatic nitrogens is 1. The highest BCUT2D eigenvalue weighted by molar-refractivity contribution is 5.22. The Kier molecular flexibility index (Phi) is 6.33. The van der Waals surface area contributed by atoms with E-state index in [-0.39, 0.29) is 18.2 Å². The van der Waals surface area contributed by atoms with Crippen molar-refractivity contribution in [3.05, 3.63) is 65.2 Å². The summed E-state index contributed by atoms with van der Waals surface area (Å²) in [7, 11) is 0. The van der Waals surface area contributed by atoms with Gasteiger partial charge in [0.05, 0.1) is 13.2 Å². The molecule has 3 rings (SSSR count). The number of nitrogens with zero attached hydrogens (tertiary/aromatic N) is 1. The summed E-state index contributed by atoms with van der Waals surface area (Å²) < 4.78 is 27.1. The molecule has 0 N–H and O–H groups in total. The van der Waals surface area contributed by atoms with Crippen LogP contribution in [0.4, 0.5) is 4.39 Å². The fourth-order valence-electron chi connectivity index (χ4n) is 2.98. The van der Waals surface area contributed by atoms with Crippen LogP contribution in [0, 0.1) is 19.7 Å². The van der Waals surface area contributed by atoms with E-state index in [9.17, 15) is 4.39 Å². The van der Waals surface area contributed by atoms with Crippen LogP contribution < -0.4 is 17.0 Å². The van der Waals surface area contributed by atoms with Crippen LogP contribution in [-0.4, -0.2) is 13.2 Å². The number of benzene rings is 1. The maximum absolute atomic E-state index is 13.2. The van der Waals surface area contributed by atoms with E-state index in [1.807, 2.05) is 0 Å². The Morgan fingerprint density at radius 3 is 2.33 bits per heavy atom. The van der Waals surface area contributed by atoms with Crippen molar-refractivity contribution < 1.29 is 30.8 Å². The van der Waals surface area contributed by atoms with Crippen molar-refractivity contribution >= 4 is 0 Å². The van der Waals surface area contributed by atoms with Gasteiger partial charge in [-0.05, 0) is 31.5 Å². The van der Waals surface area contributed by atoms with E-state index >= 15 is 0 Å². The molecule has 0 unspecified atom stereocenters. The van der Waals surface area contributed by atoms with E-state index < -0.39 is 5.79 Å². The summed E-state index contributed by atoms with van der Waals surface area (Å²) in [5.41, 5.74) is 3.47. The lowest BCUT2D eigenvalue weighted by atomic mass is 10.0. The van der Waals surface area contributed by atoms with Crippen LogP contribution in [0.25, 0.3) is 0 Å². The Bertz CT molecular complexity index is 670. The van der Waals surface area contributed by atoms with Gasteiger partial charge in [-0.15, -0.1) is 0 Å². The SMILES string of the molecule is Cc1cc[n+](CCCC2(c3ccc(F)cc3)OCCO2)cc1C.[Cl-]. The van der Waals surface area contributed by atoms with Crippen molar-refractivity contribution in [2.75, 3.05) is 13.2 Å². The first kappa shape index (κ1) is 18.8. The van der Waals surface area contributed by atoms with E-state index in [0.29, 0.717) is 13.2 Å². The largest absolute Gasteiger partial charge is 1.00 e. The highest BCUT2D eigenvalue weighted by Crippen LogP contribution is 2.36. The van der Waals surface area contributed by atoms with Crippen LogP contribution >= 0.6 is 0 Å². The highest BCUT2D eigenvalue weighted by atomic mass is 35.5. The predicted octanol–water partition coefficient (Wildman–Crippen LogP) is 0.414.